The summed E-state index contributed by atoms with van der Waals surface area (Å²) in [6.45, 7) is 0. The molecule has 4 aromatic rings. The molecule has 0 saturated carbocycles. The van der Waals surface area contributed by atoms with E-state index in [-0.39, 0.29) is 5.75 Å². The quantitative estimate of drug-likeness (QED) is 0.359. The number of rotatable bonds is 6. The van der Waals surface area contributed by atoms with Crippen LogP contribution in [0, 0.1) is 0 Å². The summed E-state index contributed by atoms with van der Waals surface area (Å²) in [6.07, 6.45) is 3.33. The van der Waals surface area contributed by atoms with Gasteiger partial charge in [-0.05, 0) is 60.7 Å². The lowest BCUT2D eigenvalue weighted by molar-refractivity contribution is 0.461. The van der Waals surface area contributed by atoms with Crippen molar-refractivity contribution in [3.05, 3.63) is 94.9 Å². The molecule has 0 spiro atoms. The van der Waals surface area contributed by atoms with E-state index >= 15 is 0 Å². The number of nitrogens with zero attached hydrogens (tertiary/aromatic N) is 3. The Morgan fingerprint density at radius 1 is 0.833 bits per heavy atom. The van der Waals surface area contributed by atoms with Crippen molar-refractivity contribution >= 4 is 34.0 Å². The van der Waals surface area contributed by atoms with Crippen LogP contribution in [-0.4, -0.2) is 19.2 Å². The second kappa shape index (κ2) is 9.34. The van der Waals surface area contributed by atoms with Crippen molar-refractivity contribution in [2.75, 3.05) is 0 Å². The molecule has 5 nitrogen and oxygen atoms in total. The Hall–Kier alpha value is -2.80. The van der Waals surface area contributed by atoms with Gasteiger partial charge >= 0.3 is 0 Å². The average Bonchev–Trinajstić information content (AvgIpc) is 2.76. The molecule has 2 aromatic carbocycles. The van der Waals surface area contributed by atoms with Crippen molar-refractivity contribution in [3.63, 3.8) is 0 Å². The first-order chi connectivity index (χ1) is 14.6. The van der Waals surface area contributed by atoms with Crippen molar-refractivity contribution < 1.29 is 8.95 Å². The zero-order valence-electron chi connectivity index (χ0n) is 15.5. The largest absolute Gasteiger partial charge is 0.439 e. The van der Waals surface area contributed by atoms with E-state index in [4.69, 9.17) is 27.9 Å². The van der Waals surface area contributed by atoms with Crippen molar-refractivity contribution in [1.82, 2.24) is 15.0 Å². The molecule has 0 aliphatic carbocycles. The first-order valence-electron chi connectivity index (χ1n) is 8.92. The fourth-order valence-electron chi connectivity index (χ4n) is 2.66. The smallest absolute Gasteiger partial charge is 0.223 e. The van der Waals surface area contributed by atoms with Crippen LogP contribution >= 0.6 is 23.2 Å². The lowest BCUT2D eigenvalue weighted by Crippen LogP contribution is -2.03. The van der Waals surface area contributed by atoms with Crippen LogP contribution in [0.3, 0.4) is 0 Å². The summed E-state index contributed by atoms with van der Waals surface area (Å²) >= 11 is 11.9. The van der Waals surface area contributed by atoms with Crippen LogP contribution in [0.15, 0.2) is 84.0 Å². The van der Waals surface area contributed by atoms with Gasteiger partial charge in [-0.15, -0.1) is 0 Å². The molecule has 0 amide bonds. The van der Waals surface area contributed by atoms with Gasteiger partial charge in [0.25, 0.3) is 0 Å². The van der Waals surface area contributed by atoms with E-state index in [9.17, 15) is 4.21 Å². The highest BCUT2D eigenvalue weighted by molar-refractivity contribution is 7.84. The fourth-order valence-corrected chi connectivity index (χ4v) is 3.93. The van der Waals surface area contributed by atoms with Gasteiger partial charge in [-0.1, -0.05) is 23.2 Å². The van der Waals surface area contributed by atoms with E-state index in [1.807, 2.05) is 0 Å². The summed E-state index contributed by atoms with van der Waals surface area (Å²) in [4.78, 5) is 13.8. The summed E-state index contributed by atoms with van der Waals surface area (Å²) in [6, 6.07) is 19.2. The molecule has 8 heteroatoms. The third-order valence-electron chi connectivity index (χ3n) is 4.09. The van der Waals surface area contributed by atoms with Gasteiger partial charge in [0.05, 0.1) is 22.2 Å². The maximum Gasteiger partial charge on any atom is 0.223 e. The number of pyridine rings is 1. The van der Waals surface area contributed by atoms with Gasteiger partial charge in [-0.3, -0.25) is 9.19 Å². The van der Waals surface area contributed by atoms with Gasteiger partial charge in [-0.2, -0.15) is 4.98 Å². The minimum Gasteiger partial charge on any atom is -0.439 e. The maximum absolute atomic E-state index is 12.8. The SMILES string of the molecule is O=[S@](Cc1cc(Oc2ccc(Cl)cc2)nc(-c2ccncc2)n1)c1ccc(Cl)cc1. The molecular weight excluding hydrogens is 441 g/mol. The molecule has 2 aromatic heterocycles. The van der Waals surface area contributed by atoms with Crippen LogP contribution in [0.2, 0.25) is 10.0 Å². The third-order valence-corrected chi connectivity index (χ3v) is 5.95. The first-order valence-corrected chi connectivity index (χ1v) is 11.0. The Kier molecular flexibility index (Phi) is 6.38. The van der Waals surface area contributed by atoms with Gasteiger partial charge in [0.2, 0.25) is 5.88 Å². The van der Waals surface area contributed by atoms with E-state index < -0.39 is 10.8 Å². The molecular formula is C22H15Cl2N3O2S. The zero-order chi connectivity index (χ0) is 20.9. The molecule has 0 aliphatic heterocycles. The molecule has 2 heterocycles. The zero-order valence-corrected chi connectivity index (χ0v) is 17.9. The van der Waals surface area contributed by atoms with Gasteiger partial charge in [-0.25, -0.2) is 4.98 Å². The Labute approximate surface area is 186 Å². The summed E-state index contributed by atoms with van der Waals surface area (Å²) in [5, 5.41) is 1.21. The van der Waals surface area contributed by atoms with Crippen molar-refractivity contribution in [2.45, 2.75) is 10.6 Å². The van der Waals surface area contributed by atoms with Crippen molar-refractivity contribution in [1.29, 1.82) is 0 Å². The molecule has 30 heavy (non-hydrogen) atoms. The Bertz CT molecular complexity index is 1170. The van der Waals surface area contributed by atoms with Crippen LogP contribution in [-0.2, 0) is 16.6 Å². The molecule has 0 aliphatic rings. The molecule has 0 radical (unpaired) electrons. The highest BCUT2D eigenvalue weighted by Crippen LogP contribution is 2.26. The van der Waals surface area contributed by atoms with E-state index in [1.54, 1.807) is 79.1 Å². The van der Waals surface area contributed by atoms with Crippen LogP contribution in [0.4, 0.5) is 0 Å². The Balaban J connectivity index is 1.67. The normalized spacial score (nSPS) is 11.8. The summed E-state index contributed by atoms with van der Waals surface area (Å²) < 4.78 is 18.7. The topological polar surface area (TPSA) is 65.0 Å². The number of hydrogen-bond acceptors (Lipinski definition) is 5. The maximum atomic E-state index is 12.8. The monoisotopic (exact) mass is 455 g/mol. The number of benzene rings is 2. The lowest BCUT2D eigenvalue weighted by Gasteiger charge is -2.10. The molecule has 0 N–H and O–H groups in total. The van der Waals surface area contributed by atoms with E-state index in [0.717, 1.165) is 5.56 Å². The van der Waals surface area contributed by atoms with Gasteiger partial charge in [0.1, 0.15) is 5.75 Å². The number of aromatic nitrogens is 3. The molecule has 0 bridgehead atoms. The molecule has 0 unspecified atom stereocenters. The standard InChI is InChI=1S/C22H15Cl2N3O2S/c23-16-1-5-19(6-2-16)29-21-13-18(14-30(28)20-7-3-17(24)4-8-20)26-22(27-21)15-9-11-25-12-10-15/h1-13H,14H2/t30-/m1/s1. The highest BCUT2D eigenvalue weighted by Gasteiger charge is 2.13. The van der Waals surface area contributed by atoms with E-state index in [2.05, 4.69) is 15.0 Å². The Morgan fingerprint density at radius 3 is 2.13 bits per heavy atom. The second-order valence-corrected chi connectivity index (χ2v) is 8.58. The van der Waals surface area contributed by atoms with Crippen LogP contribution < -0.4 is 4.74 Å². The number of ether oxygens (including phenoxy) is 1. The molecule has 4 rings (SSSR count). The van der Waals surface area contributed by atoms with Gasteiger partial charge in [0.15, 0.2) is 5.82 Å². The van der Waals surface area contributed by atoms with Gasteiger partial charge in [0, 0.05) is 39.0 Å². The minimum atomic E-state index is -1.30. The molecule has 0 fully saturated rings. The average molecular weight is 456 g/mol. The predicted molar refractivity (Wildman–Crippen MR) is 118 cm³/mol. The van der Waals surface area contributed by atoms with Crippen LogP contribution in [0.1, 0.15) is 5.69 Å². The second-order valence-electron chi connectivity index (χ2n) is 6.26. The van der Waals surface area contributed by atoms with Crippen LogP contribution in [0.25, 0.3) is 11.4 Å². The fraction of sp³-hybridized carbons (Fsp3) is 0.0455. The molecule has 1 atom stereocenters. The minimum absolute atomic E-state index is 0.208. The van der Waals surface area contributed by atoms with Crippen LogP contribution in [0.5, 0.6) is 11.6 Å². The molecule has 150 valence electrons. The summed E-state index contributed by atoms with van der Waals surface area (Å²) in [7, 11) is -1.30. The van der Waals surface area contributed by atoms with E-state index in [0.29, 0.717) is 38.1 Å². The van der Waals surface area contributed by atoms with Crippen molar-refractivity contribution in [2.24, 2.45) is 0 Å². The predicted octanol–water partition coefficient (Wildman–Crippen LogP) is 5.95. The van der Waals surface area contributed by atoms with E-state index in [1.165, 1.54) is 0 Å². The van der Waals surface area contributed by atoms with Crippen molar-refractivity contribution in [3.8, 4) is 23.0 Å². The summed E-state index contributed by atoms with van der Waals surface area (Å²) in [5.41, 5.74) is 1.37. The molecule has 0 saturated heterocycles. The lowest BCUT2D eigenvalue weighted by atomic mass is 10.2. The van der Waals surface area contributed by atoms with Gasteiger partial charge < -0.3 is 4.74 Å². The number of hydrogen-bond donors (Lipinski definition) is 0. The summed E-state index contributed by atoms with van der Waals surface area (Å²) in [5.74, 6) is 1.61. The Morgan fingerprint density at radius 2 is 1.47 bits per heavy atom. The third kappa shape index (κ3) is 5.21. The number of halogens is 2. The first kappa shape index (κ1) is 20.5. The highest BCUT2D eigenvalue weighted by atomic mass is 35.5.